The van der Waals surface area contributed by atoms with E-state index in [0.717, 1.165) is 31.3 Å². The van der Waals surface area contributed by atoms with Crippen LogP contribution in [0.25, 0.3) is 0 Å². The zero-order chi connectivity index (χ0) is 13.9. The predicted molar refractivity (Wildman–Crippen MR) is 75.9 cm³/mol. The highest BCUT2D eigenvalue weighted by atomic mass is 16.5. The molecule has 0 aromatic heterocycles. The number of hydrogen-bond acceptors (Lipinski definition) is 3. The summed E-state index contributed by atoms with van der Waals surface area (Å²) in [5, 5.41) is 0. The van der Waals surface area contributed by atoms with Gasteiger partial charge in [0.2, 0.25) is 0 Å². The van der Waals surface area contributed by atoms with Crippen molar-refractivity contribution in [2.45, 2.75) is 77.2 Å². The molecule has 1 aliphatic heterocycles. The maximum atomic E-state index is 11.4. The van der Waals surface area contributed by atoms with Crippen LogP contribution in [0.15, 0.2) is 11.8 Å². The van der Waals surface area contributed by atoms with Crippen LogP contribution in [-0.2, 0) is 14.3 Å². The summed E-state index contributed by atoms with van der Waals surface area (Å²) in [7, 11) is 0. The van der Waals surface area contributed by atoms with E-state index in [2.05, 4.69) is 0 Å². The van der Waals surface area contributed by atoms with E-state index in [1.165, 1.54) is 32.1 Å². The number of aldehydes is 1. The molecule has 1 rings (SSSR count). The summed E-state index contributed by atoms with van der Waals surface area (Å²) in [4.78, 5) is 21.5. The molecular weight excluding hydrogens is 240 g/mol. The Bertz CT molecular complexity index is 307. The summed E-state index contributed by atoms with van der Waals surface area (Å²) in [6.07, 6.45) is 13.2. The molecule has 1 unspecified atom stereocenters. The molecular formula is C16H26O3. The second-order valence-corrected chi connectivity index (χ2v) is 5.38. The standard InChI is InChI=1S/C16H26O3/c1-14-12-15(18)13-16(19-14)10-8-6-4-2-3-5-7-9-11-17/h11-12,16H,2-10,13H2,1H3. The molecule has 0 aromatic rings. The summed E-state index contributed by atoms with van der Waals surface area (Å²) in [5.41, 5.74) is 0. The van der Waals surface area contributed by atoms with Gasteiger partial charge in [-0.15, -0.1) is 0 Å². The third-order valence-corrected chi connectivity index (χ3v) is 3.49. The predicted octanol–water partition coefficient (Wildman–Crippen LogP) is 3.96. The highest BCUT2D eigenvalue weighted by Crippen LogP contribution is 2.19. The Morgan fingerprint density at radius 1 is 1.16 bits per heavy atom. The fourth-order valence-electron chi connectivity index (χ4n) is 2.49. The zero-order valence-electron chi connectivity index (χ0n) is 12.0. The number of allylic oxidation sites excluding steroid dienone is 2. The lowest BCUT2D eigenvalue weighted by Crippen LogP contribution is -2.21. The molecule has 0 aliphatic carbocycles. The number of rotatable bonds is 10. The number of carbonyl (C=O) groups excluding carboxylic acids is 2. The maximum Gasteiger partial charge on any atom is 0.162 e. The Morgan fingerprint density at radius 2 is 1.79 bits per heavy atom. The van der Waals surface area contributed by atoms with Crippen molar-refractivity contribution in [1.29, 1.82) is 0 Å². The number of ether oxygens (including phenoxy) is 1. The van der Waals surface area contributed by atoms with Crippen LogP contribution in [0.4, 0.5) is 0 Å². The van der Waals surface area contributed by atoms with E-state index in [0.29, 0.717) is 12.8 Å². The van der Waals surface area contributed by atoms with Crippen molar-refractivity contribution in [3.63, 3.8) is 0 Å². The Labute approximate surface area is 116 Å². The van der Waals surface area contributed by atoms with Crippen molar-refractivity contribution in [2.24, 2.45) is 0 Å². The van der Waals surface area contributed by atoms with Crippen molar-refractivity contribution >= 4 is 12.1 Å². The first kappa shape index (κ1) is 15.9. The average Bonchev–Trinajstić information content (AvgIpc) is 2.36. The molecule has 1 aliphatic rings. The van der Waals surface area contributed by atoms with Crippen LogP contribution in [-0.4, -0.2) is 18.2 Å². The van der Waals surface area contributed by atoms with Crippen molar-refractivity contribution < 1.29 is 14.3 Å². The molecule has 0 N–H and O–H groups in total. The number of unbranched alkanes of at least 4 members (excludes halogenated alkanes) is 7. The van der Waals surface area contributed by atoms with Gasteiger partial charge in [0.25, 0.3) is 0 Å². The molecule has 1 atom stereocenters. The number of hydrogen-bond donors (Lipinski definition) is 0. The fraction of sp³-hybridized carbons (Fsp3) is 0.750. The molecule has 0 amide bonds. The summed E-state index contributed by atoms with van der Waals surface area (Å²) < 4.78 is 5.64. The minimum atomic E-state index is 0.102. The Kier molecular flexibility index (Phi) is 8.19. The van der Waals surface area contributed by atoms with Gasteiger partial charge in [-0.25, -0.2) is 0 Å². The topological polar surface area (TPSA) is 43.4 Å². The van der Waals surface area contributed by atoms with E-state index in [1.54, 1.807) is 6.08 Å². The summed E-state index contributed by atoms with van der Waals surface area (Å²) in [5.74, 6) is 0.959. The first-order chi connectivity index (χ1) is 9.22. The van der Waals surface area contributed by atoms with Crippen molar-refractivity contribution in [3.05, 3.63) is 11.8 Å². The van der Waals surface area contributed by atoms with Gasteiger partial charge in [0.05, 0.1) is 5.76 Å². The molecule has 3 heteroatoms. The smallest absolute Gasteiger partial charge is 0.162 e. The van der Waals surface area contributed by atoms with E-state index in [9.17, 15) is 9.59 Å². The second-order valence-electron chi connectivity index (χ2n) is 5.38. The van der Waals surface area contributed by atoms with Gasteiger partial charge in [-0.2, -0.15) is 0 Å². The van der Waals surface area contributed by atoms with Crippen molar-refractivity contribution in [3.8, 4) is 0 Å². The Morgan fingerprint density at radius 3 is 2.42 bits per heavy atom. The first-order valence-corrected chi connectivity index (χ1v) is 7.54. The minimum Gasteiger partial charge on any atom is -0.494 e. The van der Waals surface area contributed by atoms with E-state index in [1.807, 2.05) is 6.92 Å². The van der Waals surface area contributed by atoms with Crippen molar-refractivity contribution in [2.75, 3.05) is 0 Å². The molecule has 1 heterocycles. The molecule has 0 radical (unpaired) electrons. The van der Waals surface area contributed by atoms with Crippen LogP contribution in [0.3, 0.4) is 0 Å². The first-order valence-electron chi connectivity index (χ1n) is 7.54. The molecule has 0 aromatic carbocycles. The summed E-state index contributed by atoms with van der Waals surface area (Å²) in [6, 6.07) is 0. The summed E-state index contributed by atoms with van der Waals surface area (Å²) in [6.45, 7) is 1.85. The van der Waals surface area contributed by atoms with Gasteiger partial charge in [-0.05, 0) is 26.2 Å². The Balaban J connectivity index is 1.92. The largest absolute Gasteiger partial charge is 0.494 e. The zero-order valence-corrected chi connectivity index (χ0v) is 12.0. The van der Waals surface area contributed by atoms with Gasteiger partial charge in [0.15, 0.2) is 5.78 Å². The normalized spacial score (nSPS) is 18.9. The lowest BCUT2D eigenvalue weighted by atomic mass is 10.0. The van der Waals surface area contributed by atoms with Gasteiger partial charge in [0, 0.05) is 18.9 Å². The van der Waals surface area contributed by atoms with Crippen LogP contribution in [0.2, 0.25) is 0 Å². The third kappa shape index (κ3) is 7.81. The molecule has 0 saturated carbocycles. The van der Waals surface area contributed by atoms with Crippen LogP contribution >= 0.6 is 0 Å². The van der Waals surface area contributed by atoms with E-state index in [4.69, 9.17) is 4.74 Å². The van der Waals surface area contributed by atoms with Gasteiger partial charge < -0.3 is 9.53 Å². The molecule has 0 bridgehead atoms. The van der Waals surface area contributed by atoms with Crippen molar-refractivity contribution in [1.82, 2.24) is 0 Å². The maximum absolute atomic E-state index is 11.4. The van der Waals surface area contributed by atoms with Crippen LogP contribution in [0.5, 0.6) is 0 Å². The van der Waals surface area contributed by atoms with E-state index < -0.39 is 0 Å². The minimum absolute atomic E-state index is 0.102. The van der Waals surface area contributed by atoms with Gasteiger partial charge in [0.1, 0.15) is 12.4 Å². The van der Waals surface area contributed by atoms with E-state index in [-0.39, 0.29) is 11.9 Å². The molecule has 108 valence electrons. The Hall–Kier alpha value is -1.12. The highest BCUT2D eigenvalue weighted by molar-refractivity contribution is 5.91. The second kappa shape index (κ2) is 9.76. The molecule has 3 nitrogen and oxygen atoms in total. The lowest BCUT2D eigenvalue weighted by Gasteiger charge is -2.22. The SMILES string of the molecule is CC1=CC(=O)CC(CCCCCCCCCC=O)O1. The van der Waals surface area contributed by atoms with Crippen LogP contribution in [0.1, 0.15) is 71.1 Å². The van der Waals surface area contributed by atoms with Crippen LogP contribution in [0, 0.1) is 0 Å². The monoisotopic (exact) mass is 266 g/mol. The van der Waals surface area contributed by atoms with Gasteiger partial charge in [-0.1, -0.05) is 32.1 Å². The molecule has 19 heavy (non-hydrogen) atoms. The van der Waals surface area contributed by atoms with E-state index >= 15 is 0 Å². The lowest BCUT2D eigenvalue weighted by molar-refractivity contribution is -0.118. The molecule has 0 fully saturated rings. The number of ketones is 1. The average molecular weight is 266 g/mol. The van der Waals surface area contributed by atoms with Crippen LogP contribution < -0.4 is 0 Å². The fourth-order valence-corrected chi connectivity index (χ4v) is 2.49. The van der Waals surface area contributed by atoms with Gasteiger partial charge >= 0.3 is 0 Å². The highest BCUT2D eigenvalue weighted by Gasteiger charge is 2.18. The summed E-state index contributed by atoms with van der Waals surface area (Å²) >= 11 is 0. The quantitative estimate of drug-likeness (QED) is 0.444. The molecule has 0 saturated heterocycles. The number of carbonyl (C=O) groups is 2. The molecule has 0 spiro atoms. The van der Waals surface area contributed by atoms with Gasteiger partial charge in [-0.3, -0.25) is 4.79 Å². The third-order valence-electron chi connectivity index (χ3n) is 3.49.